The average molecular weight is 327 g/mol. The first-order valence-electron chi connectivity index (χ1n) is 8.39. The Hall–Kier alpha value is -2.34. The van der Waals surface area contributed by atoms with E-state index in [2.05, 4.69) is 22.4 Å². The molecule has 0 bridgehead atoms. The van der Waals surface area contributed by atoms with Crippen LogP contribution in [-0.4, -0.2) is 59.3 Å². The molecule has 6 nitrogen and oxygen atoms in total. The van der Waals surface area contributed by atoms with Crippen LogP contribution in [0.15, 0.2) is 42.7 Å². The van der Waals surface area contributed by atoms with E-state index in [-0.39, 0.29) is 6.03 Å². The number of hydrogen-bond acceptors (Lipinski definition) is 3. The molecule has 1 aromatic carbocycles. The third-order valence-corrected chi connectivity index (χ3v) is 4.54. The maximum atomic E-state index is 12.4. The number of nitrogens with zero attached hydrogens (tertiary/aromatic N) is 4. The summed E-state index contributed by atoms with van der Waals surface area (Å²) in [6.45, 7) is 3.48. The van der Waals surface area contributed by atoms with Gasteiger partial charge in [-0.1, -0.05) is 18.2 Å². The van der Waals surface area contributed by atoms with Gasteiger partial charge in [0.15, 0.2) is 0 Å². The first-order chi connectivity index (χ1) is 11.6. The molecular formula is C18H25N5O. The smallest absolute Gasteiger partial charge is 0.317 e. The maximum absolute atomic E-state index is 12.4. The summed E-state index contributed by atoms with van der Waals surface area (Å²) in [7, 11) is 4.00. The fraction of sp³-hybridized carbons (Fsp3) is 0.444. The highest BCUT2D eigenvalue weighted by molar-refractivity contribution is 5.74. The molecule has 0 saturated carbocycles. The first kappa shape index (κ1) is 16.5. The van der Waals surface area contributed by atoms with Crippen LogP contribution < -0.4 is 5.32 Å². The van der Waals surface area contributed by atoms with Crippen molar-refractivity contribution in [2.24, 2.45) is 5.92 Å². The van der Waals surface area contributed by atoms with Gasteiger partial charge in [-0.3, -0.25) is 0 Å². The molecule has 1 saturated heterocycles. The molecule has 1 fully saturated rings. The summed E-state index contributed by atoms with van der Waals surface area (Å²) in [5.74, 6) is 0.571. The van der Waals surface area contributed by atoms with Crippen molar-refractivity contribution in [2.75, 3.05) is 33.7 Å². The molecule has 24 heavy (non-hydrogen) atoms. The zero-order valence-corrected chi connectivity index (χ0v) is 14.4. The van der Waals surface area contributed by atoms with Crippen molar-refractivity contribution in [1.82, 2.24) is 24.9 Å². The SMILES string of the molecule is CN1CC[C@@H](CN(C)C(=O)NCc2ccccc2-n2cccn2)C1. The predicted molar refractivity (Wildman–Crippen MR) is 94.0 cm³/mol. The highest BCUT2D eigenvalue weighted by Crippen LogP contribution is 2.16. The van der Waals surface area contributed by atoms with Crippen LogP contribution in [0.2, 0.25) is 0 Å². The number of aromatic nitrogens is 2. The van der Waals surface area contributed by atoms with E-state index in [0.717, 1.165) is 37.3 Å². The molecule has 1 aliphatic heterocycles. The quantitative estimate of drug-likeness (QED) is 0.913. The number of para-hydroxylation sites is 1. The van der Waals surface area contributed by atoms with Gasteiger partial charge in [-0.2, -0.15) is 5.10 Å². The maximum Gasteiger partial charge on any atom is 0.317 e. The van der Waals surface area contributed by atoms with Crippen molar-refractivity contribution >= 4 is 6.03 Å². The molecule has 2 heterocycles. The summed E-state index contributed by atoms with van der Waals surface area (Å²) in [6.07, 6.45) is 4.82. The molecule has 1 N–H and O–H groups in total. The largest absolute Gasteiger partial charge is 0.334 e. The van der Waals surface area contributed by atoms with E-state index in [1.54, 1.807) is 11.1 Å². The molecule has 0 spiro atoms. The molecular weight excluding hydrogens is 302 g/mol. The van der Waals surface area contributed by atoms with Crippen LogP contribution in [0, 0.1) is 5.92 Å². The van der Waals surface area contributed by atoms with Crippen LogP contribution >= 0.6 is 0 Å². The van der Waals surface area contributed by atoms with Crippen LogP contribution in [0.5, 0.6) is 0 Å². The topological polar surface area (TPSA) is 53.4 Å². The minimum absolute atomic E-state index is 0.0279. The van der Waals surface area contributed by atoms with Crippen molar-refractivity contribution in [3.63, 3.8) is 0 Å². The number of carbonyl (C=O) groups excluding carboxylic acids is 1. The Morgan fingerprint density at radius 2 is 2.21 bits per heavy atom. The van der Waals surface area contributed by atoms with Crippen molar-refractivity contribution < 1.29 is 4.79 Å². The zero-order chi connectivity index (χ0) is 16.9. The van der Waals surface area contributed by atoms with Crippen LogP contribution in [0.25, 0.3) is 5.69 Å². The van der Waals surface area contributed by atoms with Gasteiger partial charge in [-0.25, -0.2) is 9.48 Å². The second kappa shape index (κ2) is 7.49. The molecule has 0 aliphatic carbocycles. The van der Waals surface area contributed by atoms with Gasteiger partial charge >= 0.3 is 6.03 Å². The molecule has 0 radical (unpaired) electrons. The molecule has 1 atom stereocenters. The number of likely N-dealkylation sites (tertiary alicyclic amines) is 1. The van der Waals surface area contributed by atoms with Crippen molar-refractivity contribution in [3.05, 3.63) is 48.3 Å². The standard InChI is InChI=1S/C18H25N5O/c1-21-11-8-15(13-21)14-22(2)18(24)19-12-16-6-3-4-7-17(16)23-10-5-9-20-23/h3-7,9-10,15H,8,11-14H2,1-2H3,(H,19,24)/t15-/m1/s1. The fourth-order valence-electron chi connectivity index (χ4n) is 3.25. The fourth-order valence-corrected chi connectivity index (χ4v) is 3.25. The number of nitrogens with one attached hydrogen (secondary N) is 1. The van der Waals surface area contributed by atoms with Gasteiger partial charge in [0, 0.05) is 39.1 Å². The zero-order valence-electron chi connectivity index (χ0n) is 14.4. The Labute approximate surface area is 143 Å². The monoisotopic (exact) mass is 327 g/mol. The van der Waals surface area contributed by atoms with Gasteiger partial charge in [-0.05, 0) is 43.6 Å². The highest BCUT2D eigenvalue weighted by atomic mass is 16.2. The number of amides is 2. The summed E-state index contributed by atoms with van der Waals surface area (Å²) in [6, 6.07) is 9.84. The Bertz CT molecular complexity index is 670. The molecule has 2 aromatic rings. The van der Waals surface area contributed by atoms with E-state index in [1.165, 1.54) is 0 Å². The van der Waals surface area contributed by atoms with Crippen molar-refractivity contribution in [1.29, 1.82) is 0 Å². The summed E-state index contributed by atoms with van der Waals surface area (Å²) in [4.78, 5) is 16.5. The summed E-state index contributed by atoms with van der Waals surface area (Å²) < 4.78 is 1.82. The Morgan fingerprint density at radius 1 is 1.38 bits per heavy atom. The lowest BCUT2D eigenvalue weighted by atomic mass is 10.1. The van der Waals surface area contributed by atoms with E-state index in [0.29, 0.717) is 12.5 Å². The van der Waals surface area contributed by atoms with Crippen molar-refractivity contribution in [3.8, 4) is 5.69 Å². The van der Waals surface area contributed by atoms with Crippen molar-refractivity contribution in [2.45, 2.75) is 13.0 Å². The predicted octanol–water partition coefficient (Wildman–Crippen LogP) is 1.97. The summed E-state index contributed by atoms with van der Waals surface area (Å²) >= 11 is 0. The Balaban J connectivity index is 1.57. The van der Waals surface area contributed by atoms with Crippen LogP contribution in [0.3, 0.4) is 0 Å². The second-order valence-corrected chi connectivity index (χ2v) is 6.54. The van der Waals surface area contributed by atoms with Gasteiger partial charge in [0.1, 0.15) is 0 Å². The van der Waals surface area contributed by atoms with Crippen LogP contribution in [-0.2, 0) is 6.54 Å². The molecule has 6 heteroatoms. The molecule has 0 unspecified atom stereocenters. The van der Waals surface area contributed by atoms with E-state index >= 15 is 0 Å². The highest BCUT2D eigenvalue weighted by Gasteiger charge is 2.22. The van der Waals surface area contributed by atoms with E-state index in [1.807, 2.05) is 48.3 Å². The minimum atomic E-state index is -0.0279. The van der Waals surface area contributed by atoms with Crippen LogP contribution in [0.4, 0.5) is 4.79 Å². The molecule has 1 aliphatic rings. The lowest BCUT2D eigenvalue weighted by Gasteiger charge is -2.22. The number of hydrogen-bond donors (Lipinski definition) is 1. The van der Waals surface area contributed by atoms with Gasteiger partial charge in [0.2, 0.25) is 0 Å². The van der Waals surface area contributed by atoms with Crippen LogP contribution in [0.1, 0.15) is 12.0 Å². The van der Waals surface area contributed by atoms with Gasteiger partial charge in [-0.15, -0.1) is 0 Å². The summed E-state index contributed by atoms with van der Waals surface area (Å²) in [5, 5.41) is 7.29. The summed E-state index contributed by atoms with van der Waals surface area (Å²) in [5.41, 5.74) is 2.03. The number of carbonyl (C=O) groups is 1. The lowest BCUT2D eigenvalue weighted by molar-refractivity contribution is 0.200. The Kier molecular flexibility index (Phi) is 5.15. The second-order valence-electron chi connectivity index (χ2n) is 6.54. The normalized spacial score (nSPS) is 17.8. The van der Waals surface area contributed by atoms with Gasteiger partial charge < -0.3 is 15.1 Å². The van der Waals surface area contributed by atoms with E-state index in [4.69, 9.17) is 0 Å². The Morgan fingerprint density at radius 3 is 2.92 bits per heavy atom. The average Bonchev–Trinajstić information content (AvgIpc) is 3.24. The number of rotatable bonds is 5. The van der Waals surface area contributed by atoms with Gasteiger partial charge in [0.05, 0.1) is 5.69 Å². The molecule has 1 aromatic heterocycles. The molecule has 3 rings (SSSR count). The first-order valence-corrected chi connectivity index (χ1v) is 8.39. The molecule has 2 amide bonds. The third kappa shape index (κ3) is 3.94. The third-order valence-electron chi connectivity index (χ3n) is 4.54. The number of benzene rings is 1. The van der Waals surface area contributed by atoms with Gasteiger partial charge in [0.25, 0.3) is 0 Å². The molecule has 128 valence electrons. The van der Waals surface area contributed by atoms with E-state index in [9.17, 15) is 4.79 Å². The number of urea groups is 1. The lowest BCUT2D eigenvalue weighted by Crippen LogP contribution is -2.40. The van der Waals surface area contributed by atoms with E-state index < -0.39 is 0 Å². The minimum Gasteiger partial charge on any atom is -0.334 e.